The van der Waals surface area contributed by atoms with Crippen LogP contribution in [0.15, 0.2) is 54.9 Å². The zero-order valence-electron chi connectivity index (χ0n) is 12.2. The van der Waals surface area contributed by atoms with Crippen molar-refractivity contribution in [1.82, 2.24) is 14.8 Å². The molecule has 4 nitrogen and oxygen atoms in total. The second-order valence-corrected chi connectivity index (χ2v) is 6.80. The summed E-state index contributed by atoms with van der Waals surface area (Å²) < 4.78 is 17.2. The molecule has 0 saturated carbocycles. The summed E-state index contributed by atoms with van der Waals surface area (Å²) >= 11 is 2.29. The minimum Gasteiger partial charge on any atom is -0.348 e. The van der Waals surface area contributed by atoms with E-state index in [-0.39, 0.29) is 17.9 Å². The highest BCUT2D eigenvalue weighted by atomic mass is 127. The van der Waals surface area contributed by atoms with E-state index in [0.717, 1.165) is 6.42 Å². The highest BCUT2D eigenvalue weighted by Crippen LogP contribution is 2.38. The molecular formula is C17H14FIN4. The van der Waals surface area contributed by atoms with Gasteiger partial charge in [-0.05, 0) is 52.8 Å². The maximum absolute atomic E-state index is 14.3. The third-order valence-corrected chi connectivity index (χ3v) is 4.89. The first-order valence-electron chi connectivity index (χ1n) is 7.38. The first-order valence-corrected chi connectivity index (χ1v) is 8.46. The summed E-state index contributed by atoms with van der Waals surface area (Å²) in [4.78, 5) is 4.27. The average Bonchev–Trinajstić information content (AvgIpc) is 3.04. The molecule has 2 aromatic carbocycles. The fourth-order valence-electron chi connectivity index (χ4n) is 3.04. The van der Waals surface area contributed by atoms with Crippen molar-refractivity contribution < 1.29 is 4.39 Å². The molecule has 0 unspecified atom stereocenters. The summed E-state index contributed by atoms with van der Waals surface area (Å²) in [6.07, 6.45) is 2.23. The zero-order valence-corrected chi connectivity index (χ0v) is 14.3. The minimum atomic E-state index is -0.206. The second-order valence-electron chi connectivity index (χ2n) is 5.55. The van der Waals surface area contributed by atoms with Crippen LogP contribution >= 0.6 is 22.6 Å². The van der Waals surface area contributed by atoms with Crippen molar-refractivity contribution in [3.63, 3.8) is 0 Å². The Morgan fingerprint density at radius 2 is 1.91 bits per heavy atom. The van der Waals surface area contributed by atoms with Gasteiger partial charge >= 0.3 is 0 Å². The molecule has 4 rings (SSSR count). The molecule has 0 radical (unpaired) electrons. The monoisotopic (exact) mass is 420 g/mol. The Labute approximate surface area is 146 Å². The molecule has 2 heterocycles. The number of hydrogen-bond donors (Lipinski definition) is 1. The number of rotatable bonds is 2. The van der Waals surface area contributed by atoms with E-state index >= 15 is 0 Å². The molecule has 116 valence electrons. The molecule has 0 amide bonds. The molecular weight excluding hydrogens is 406 g/mol. The lowest BCUT2D eigenvalue weighted by Gasteiger charge is -2.32. The average molecular weight is 420 g/mol. The van der Waals surface area contributed by atoms with Crippen molar-refractivity contribution in [2.75, 3.05) is 5.32 Å². The molecule has 1 aliphatic heterocycles. The van der Waals surface area contributed by atoms with E-state index in [0.29, 0.717) is 11.5 Å². The van der Waals surface area contributed by atoms with Gasteiger partial charge in [-0.25, -0.2) is 9.07 Å². The number of benzene rings is 2. The summed E-state index contributed by atoms with van der Waals surface area (Å²) in [5.74, 6) is 0.468. The third-order valence-electron chi connectivity index (χ3n) is 4.17. The molecule has 23 heavy (non-hydrogen) atoms. The van der Waals surface area contributed by atoms with Gasteiger partial charge in [0.2, 0.25) is 5.95 Å². The molecule has 0 spiro atoms. The summed E-state index contributed by atoms with van der Waals surface area (Å²) in [6.45, 7) is 0. The topological polar surface area (TPSA) is 42.7 Å². The molecule has 0 fully saturated rings. The van der Waals surface area contributed by atoms with Crippen molar-refractivity contribution >= 4 is 28.5 Å². The Kier molecular flexibility index (Phi) is 3.76. The summed E-state index contributed by atoms with van der Waals surface area (Å²) in [5, 5.41) is 7.67. The highest BCUT2D eigenvalue weighted by molar-refractivity contribution is 14.1. The number of hydrogen-bond acceptors (Lipinski definition) is 3. The van der Waals surface area contributed by atoms with Gasteiger partial charge in [0, 0.05) is 9.13 Å². The Morgan fingerprint density at radius 1 is 1.13 bits per heavy atom. The van der Waals surface area contributed by atoms with E-state index in [9.17, 15) is 4.39 Å². The fourth-order valence-corrected chi connectivity index (χ4v) is 3.40. The standard InChI is InChI=1S/C17H14FIN4/c18-14-4-2-1-3-13(14)16-9-15(11-5-7-12(19)8-6-11)22-17-20-10-21-23(16)17/h1-8,10,15-16H,9H2,(H,20,21,22)/t15-,16-/m1/s1. The Morgan fingerprint density at radius 3 is 2.70 bits per heavy atom. The van der Waals surface area contributed by atoms with Gasteiger partial charge in [0.15, 0.2) is 0 Å². The Balaban J connectivity index is 1.75. The van der Waals surface area contributed by atoms with Crippen LogP contribution in [0.5, 0.6) is 0 Å². The predicted molar refractivity (Wildman–Crippen MR) is 94.7 cm³/mol. The lowest BCUT2D eigenvalue weighted by atomic mass is 9.93. The van der Waals surface area contributed by atoms with E-state index < -0.39 is 0 Å². The van der Waals surface area contributed by atoms with Gasteiger partial charge in [0.05, 0.1) is 12.1 Å². The Bertz CT molecular complexity index is 831. The predicted octanol–water partition coefficient (Wildman–Crippen LogP) is 4.17. The van der Waals surface area contributed by atoms with Crippen molar-refractivity contribution in [1.29, 1.82) is 0 Å². The van der Waals surface area contributed by atoms with Gasteiger partial charge in [-0.1, -0.05) is 30.3 Å². The summed E-state index contributed by atoms with van der Waals surface area (Å²) in [7, 11) is 0. The summed E-state index contributed by atoms with van der Waals surface area (Å²) in [6, 6.07) is 15.1. The maximum atomic E-state index is 14.3. The van der Waals surface area contributed by atoms with Crippen LogP contribution in [0.4, 0.5) is 10.3 Å². The molecule has 3 aromatic rings. The minimum absolute atomic E-state index is 0.0771. The molecule has 1 N–H and O–H groups in total. The SMILES string of the molecule is Fc1ccccc1[C@H]1C[C@H](c2ccc(I)cc2)Nc2ncnn21. The van der Waals surface area contributed by atoms with Gasteiger partial charge in [-0.15, -0.1) is 0 Å². The van der Waals surface area contributed by atoms with Crippen molar-refractivity contribution in [2.45, 2.75) is 18.5 Å². The molecule has 2 atom stereocenters. The van der Waals surface area contributed by atoms with E-state index in [4.69, 9.17) is 0 Å². The van der Waals surface area contributed by atoms with E-state index in [1.807, 2.05) is 12.1 Å². The van der Waals surface area contributed by atoms with Crippen LogP contribution < -0.4 is 5.32 Å². The Hall–Kier alpha value is -1.96. The van der Waals surface area contributed by atoms with E-state index in [1.165, 1.54) is 21.5 Å². The fraction of sp³-hybridized carbons (Fsp3) is 0.176. The first kappa shape index (κ1) is 14.6. The van der Waals surface area contributed by atoms with Crippen LogP contribution in [0.25, 0.3) is 0 Å². The third kappa shape index (κ3) is 2.71. The molecule has 1 aromatic heterocycles. The lowest BCUT2D eigenvalue weighted by Crippen LogP contribution is -2.28. The molecule has 6 heteroatoms. The van der Waals surface area contributed by atoms with Gasteiger partial charge in [0.25, 0.3) is 0 Å². The molecule has 0 bridgehead atoms. The van der Waals surface area contributed by atoms with Gasteiger partial charge in [-0.2, -0.15) is 10.1 Å². The highest BCUT2D eigenvalue weighted by Gasteiger charge is 2.31. The van der Waals surface area contributed by atoms with Crippen LogP contribution in [0, 0.1) is 9.39 Å². The molecule has 0 aliphatic carbocycles. The van der Waals surface area contributed by atoms with Crippen LogP contribution in [-0.2, 0) is 0 Å². The van der Waals surface area contributed by atoms with Crippen LogP contribution in [-0.4, -0.2) is 14.8 Å². The van der Waals surface area contributed by atoms with Crippen molar-refractivity contribution in [3.8, 4) is 0 Å². The van der Waals surface area contributed by atoms with Gasteiger partial charge in [0.1, 0.15) is 12.1 Å². The number of halogens is 2. The number of nitrogens with one attached hydrogen (secondary N) is 1. The largest absolute Gasteiger partial charge is 0.348 e. The number of fused-ring (bicyclic) bond motifs is 1. The van der Waals surface area contributed by atoms with E-state index in [1.54, 1.807) is 10.7 Å². The maximum Gasteiger partial charge on any atom is 0.222 e. The normalized spacial score (nSPS) is 19.9. The smallest absolute Gasteiger partial charge is 0.222 e. The van der Waals surface area contributed by atoms with E-state index in [2.05, 4.69) is 62.3 Å². The van der Waals surface area contributed by atoms with Crippen LogP contribution in [0.2, 0.25) is 0 Å². The number of anilines is 1. The second kappa shape index (κ2) is 5.92. The van der Waals surface area contributed by atoms with Crippen LogP contribution in [0.3, 0.4) is 0 Å². The lowest BCUT2D eigenvalue weighted by molar-refractivity contribution is 0.416. The van der Waals surface area contributed by atoms with Crippen molar-refractivity contribution in [2.24, 2.45) is 0 Å². The van der Waals surface area contributed by atoms with Crippen LogP contribution in [0.1, 0.15) is 29.6 Å². The molecule has 0 saturated heterocycles. The van der Waals surface area contributed by atoms with Gasteiger partial charge in [-0.3, -0.25) is 0 Å². The summed E-state index contributed by atoms with van der Waals surface area (Å²) in [5.41, 5.74) is 1.82. The number of nitrogens with zero attached hydrogens (tertiary/aromatic N) is 3. The molecule has 1 aliphatic rings. The first-order chi connectivity index (χ1) is 11.2. The quantitative estimate of drug-likeness (QED) is 0.633. The zero-order chi connectivity index (χ0) is 15.8. The van der Waals surface area contributed by atoms with Gasteiger partial charge < -0.3 is 5.32 Å². The number of aromatic nitrogens is 3. The van der Waals surface area contributed by atoms with Crippen molar-refractivity contribution in [3.05, 3.63) is 75.4 Å².